The highest BCUT2D eigenvalue weighted by Gasteiger charge is 2.19. The lowest BCUT2D eigenvalue weighted by Gasteiger charge is -2.19. The molecule has 0 radical (unpaired) electrons. The predicted octanol–water partition coefficient (Wildman–Crippen LogP) is 4.97. The van der Waals surface area contributed by atoms with Gasteiger partial charge in [0.25, 0.3) is 0 Å². The number of nitrogens with zero attached hydrogens (tertiary/aromatic N) is 1. The van der Waals surface area contributed by atoms with E-state index < -0.39 is 5.41 Å². The molecule has 21 heavy (non-hydrogen) atoms. The minimum atomic E-state index is -0.443. The Bertz CT molecular complexity index is 631. The maximum Gasteiger partial charge on any atom is 0.0766 e. The van der Waals surface area contributed by atoms with Crippen molar-refractivity contribution in [2.24, 2.45) is 0 Å². The van der Waals surface area contributed by atoms with E-state index in [0.717, 1.165) is 11.3 Å². The average Bonchev–Trinajstić information content (AvgIpc) is 2.48. The quantitative estimate of drug-likeness (QED) is 0.857. The highest BCUT2D eigenvalue weighted by atomic mass is 14.9. The van der Waals surface area contributed by atoms with Crippen LogP contribution in [0.3, 0.4) is 0 Å². The summed E-state index contributed by atoms with van der Waals surface area (Å²) in [5, 5.41) is 12.7. The van der Waals surface area contributed by atoms with Crippen LogP contribution in [0, 0.1) is 18.3 Å². The summed E-state index contributed by atoms with van der Waals surface area (Å²) in [5.74, 6) is 0. The standard InChI is InChI=1S/C19H22N2/c1-14-5-7-16(8-6-14)15(2)21-18-11-9-17(10-12-18)19(3,4)13-20/h5-12,15,21H,1-4H3. The molecule has 0 saturated carbocycles. The summed E-state index contributed by atoms with van der Waals surface area (Å²) in [7, 11) is 0. The van der Waals surface area contributed by atoms with Gasteiger partial charge in [-0.05, 0) is 51.0 Å². The Morgan fingerprint density at radius 1 is 1.00 bits per heavy atom. The van der Waals surface area contributed by atoms with Gasteiger partial charge in [0.05, 0.1) is 11.5 Å². The van der Waals surface area contributed by atoms with Crippen molar-refractivity contribution in [3.63, 3.8) is 0 Å². The monoisotopic (exact) mass is 278 g/mol. The summed E-state index contributed by atoms with van der Waals surface area (Å²) >= 11 is 0. The van der Waals surface area contributed by atoms with Crippen LogP contribution in [0.2, 0.25) is 0 Å². The van der Waals surface area contributed by atoms with E-state index in [1.165, 1.54) is 11.1 Å². The number of nitriles is 1. The van der Waals surface area contributed by atoms with E-state index in [1.54, 1.807) is 0 Å². The van der Waals surface area contributed by atoms with Crippen molar-refractivity contribution in [1.29, 1.82) is 5.26 Å². The van der Waals surface area contributed by atoms with Crippen LogP contribution in [-0.4, -0.2) is 0 Å². The van der Waals surface area contributed by atoms with Crippen LogP contribution >= 0.6 is 0 Å². The number of benzene rings is 2. The first kappa shape index (κ1) is 15.1. The Hall–Kier alpha value is -2.27. The fraction of sp³-hybridized carbons (Fsp3) is 0.316. The lowest BCUT2D eigenvalue weighted by atomic mass is 9.86. The van der Waals surface area contributed by atoms with Gasteiger partial charge in [-0.2, -0.15) is 5.26 Å². The fourth-order valence-corrected chi connectivity index (χ4v) is 2.24. The van der Waals surface area contributed by atoms with Crippen LogP contribution in [0.4, 0.5) is 5.69 Å². The maximum atomic E-state index is 9.17. The molecule has 0 heterocycles. The molecule has 0 bridgehead atoms. The molecule has 0 aliphatic carbocycles. The maximum absolute atomic E-state index is 9.17. The van der Waals surface area contributed by atoms with E-state index in [1.807, 2.05) is 38.1 Å². The number of hydrogen-bond donors (Lipinski definition) is 1. The van der Waals surface area contributed by atoms with E-state index in [2.05, 4.69) is 49.5 Å². The van der Waals surface area contributed by atoms with Gasteiger partial charge in [-0.25, -0.2) is 0 Å². The largest absolute Gasteiger partial charge is 0.379 e. The van der Waals surface area contributed by atoms with Crippen molar-refractivity contribution < 1.29 is 0 Å². The van der Waals surface area contributed by atoms with Gasteiger partial charge < -0.3 is 5.32 Å². The van der Waals surface area contributed by atoms with E-state index >= 15 is 0 Å². The van der Waals surface area contributed by atoms with Crippen molar-refractivity contribution in [2.45, 2.75) is 39.2 Å². The second kappa shape index (κ2) is 6.01. The second-order valence-electron chi connectivity index (χ2n) is 6.09. The van der Waals surface area contributed by atoms with Crippen LogP contribution < -0.4 is 5.32 Å². The Labute approximate surface area is 127 Å². The number of hydrogen-bond acceptors (Lipinski definition) is 2. The first-order chi connectivity index (χ1) is 9.92. The van der Waals surface area contributed by atoms with Gasteiger partial charge in [0.15, 0.2) is 0 Å². The summed E-state index contributed by atoms with van der Waals surface area (Å²) in [4.78, 5) is 0. The molecule has 2 aromatic carbocycles. The number of anilines is 1. The smallest absolute Gasteiger partial charge is 0.0766 e. The topological polar surface area (TPSA) is 35.8 Å². The average molecular weight is 278 g/mol. The van der Waals surface area contributed by atoms with Crippen LogP contribution in [0.5, 0.6) is 0 Å². The molecule has 0 spiro atoms. The van der Waals surface area contributed by atoms with Crippen molar-refractivity contribution in [1.82, 2.24) is 0 Å². The van der Waals surface area contributed by atoms with Gasteiger partial charge in [-0.1, -0.05) is 42.0 Å². The Kier molecular flexibility index (Phi) is 4.33. The number of rotatable bonds is 4. The molecule has 1 N–H and O–H groups in total. The third-order valence-electron chi connectivity index (χ3n) is 3.85. The minimum Gasteiger partial charge on any atom is -0.379 e. The van der Waals surface area contributed by atoms with Gasteiger partial charge in [0.2, 0.25) is 0 Å². The fourth-order valence-electron chi connectivity index (χ4n) is 2.24. The molecule has 0 saturated heterocycles. The van der Waals surface area contributed by atoms with Gasteiger partial charge in [0.1, 0.15) is 0 Å². The molecule has 2 heteroatoms. The SMILES string of the molecule is Cc1ccc(C(C)Nc2ccc(C(C)(C)C#N)cc2)cc1. The molecule has 2 aromatic rings. The Morgan fingerprint density at radius 2 is 1.57 bits per heavy atom. The van der Waals surface area contributed by atoms with Crippen molar-refractivity contribution in [2.75, 3.05) is 5.32 Å². The first-order valence-corrected chi connectivity index (χ1v) is 7.27. The van der Waals surface area contributed by atoms with Crippen molar-refractivity contribution in [3.8, 4) is 6.07 Å². The summed E-state index contributed by atoms with van der Waals surface area (Å²) in [6.07, 6.45) is 0. The lowest BCUT2D eigenvalue weighted by molar-refractivity contribution is 0.687. The normalized spacial score (nSPS) is 12.5. The van der Waals surface area contributed by atoms with E-state index in [9.17, 15) is 0 Å². The second-order valence-corrected chi connectivity index (χ2v) is 6.09. The highest BCUT2D eigenvalue weighted by molar-refractivity contribution is 5.48. The molecule has 0 aromatic heterocycles. The number of nitrogens with one attached hydrogen (secondary N) is 1. The van der Waals surface area contributed by atoms with Crippen LogP contribution in [-0.2, 0) is 5.41 Å². The van der Waals surface area contributed by atoms with Gasteiger partial charge in [-0.15, -0.1) is 0 Å². The molecule has 0 amide bonds. The molecule has 0 fully saturated rings. The molecule has 2 nitrogen and oxygen atoms in total. The van der Waals surface area contributed by atoms with E-state index in [4.69, 9.17) is 5.26 Å². The molecular formula is C19H22N2. The first-order valence-electron chi connectivity index (χ1n) is 7.27. The van der Waals surface area contributed by atoms with E-state index in [0.29, 0.717) is 0 Å². The molecule has 1 unspecified atom stereocenters. The van der Waals surface area contributed by atoms with Gasteiger partial charge in [-0.3, -0.25) is 0 Å². The zero-order chi connectivity index (χ0) is 15.5. The summed E-state index contributed by atoms with van der Waals surface area (Å²) in [6, 6.07) is 19.3. The van der Waals surface area contributed by atoms with Crippen LogP contribution in [0.25, 0.3) is 0 Å². The van der Waals surface area contributed by atoms with Crippen molar-refractivity contribution >= 4 is 5.69 Å². The minimum absolute atomic E-state index is 0.250. The third-order valence-corrected chi connectivity index (χ3v) is 3.85. The highest BCUT2D eigenvalue weighted by Crippen LogP contribution is 2.25. The van der Waals surface area contributed by atoms with Gasteiger partial charge >= 0.3 is 0 Å². The lowest BCUT2D eigenvalue weighted by Crippen LogP contribution is -2.14. The summed E-state index contributed by atoms with van der Waals surface area (Å²) in [6.45, 7) is 8.12. The Balaban J connectivity index is 2.10. The van der Waals surface area contributed by atoms with E-state index in [-0.39, 0.29) is 6.04 Å². The number of aryl methyl sites for hydroxylation is 1. The predicted molar refractivity (Wildman–Crippen MR) is 88.3 cm³/mol. The molecule has 108 valence electrons. The molecule has 0 aliphatic heterocycles. The zero-order valence-corrected chi connectivity index (χ0v) is 13.1. The summed E-state index contributed by atoms with van der Waals surface area (Å²) < 4.78 is 0. The zero-order valence-electron chi connectivity index (χ0n) is 13.1. The molecular weight excluding hydrogens is 256 g/mol. The van der Waals surface area contributed by atoms with Gasteiger partial charge in [0, 0.05) is 11.7 Å². The van der Waals surface area contributed by atoms with Crippen molar-refractivity contribution in [3.05, 3.63) is 65.2 Å². The Morgan fingerprint density at radius 3 is 2.10 bits per heavy atom. The third kappa shape index (κ3) is 3.64. The molecule has 2 rings (SSSR count). The summed E-state index contributed by atoms with van der Waals surface area (Å²) in [5.41, 5.74) is 4.20. The van der Waals surface area contributed by atoms with Crippen LogP contribution in [0.1, 0.15) is 43.5 Å². The molecule has 0 aliphatic rings. The van der Waals surface area contributed by atoms with Crippen LogP contribution in [0.15, 0.2) is 48.5 Å². The molecule has 1 atom stereocenters.